The molecular formula is C8H9N3. The molecule has 0 radical (unpaired) electrons. The first-order valence-electron chi connectivity index (χ1n) is 3.40. The van der Waals surface area contributed by atoms with Gasteiger partial charge in [-0.05, 0) is 24.3 Å². The van der Waals surface area contributed by atoms with E-state index in [2.05, 4.69) is 0 Å². The van der Waals surface area contributed by atoms with Crippen molar-refractivity contribution in [2.45, 2.75) is 0 Å². The van der Waals surface area contributed by atoms with Crippen LogP contribution in [0.1, 0.15) is 0 Å². The van der Waals surface area contributed by atoms with Crippen molar-refractivity contribution in [2.24, 2.45) is 0 Å². The fraction of sp³-hybridized carbons (Fsp3) is 0. The first-order valence-corrected chi connectivity index (χ1v) is 3.40. The zero-order valence-corrected chi connectivity index (χ0v) is 5.99. The van der Waals surface area contributed by atoms with E-state index >= 15 is 0 Å². The monoisotopic (exact) mass is 147 g/mol. The molecule has 0 fully saturated rings. The second-order valence-electron chi connectivity index (χ2n) is 2.48. The highest BCUT2D eigenvalue weighted by molar-refractivity contribution is 5.72. The van der Waals surface area contributed by atoms with E-state index in [0.29, 0.717) is 5.82 Å². The summed E-state index contributed by atoms with van der Waals surface area (Å²) in [6.07, 6.45) is 1.89. The highest BCUT2D eigenvalue weighted by Crippen LogP contribution is 2.17. The van der Waals surface area contributed by atoms with Crippen molar-refractivity contribution in [3.05, 3.63) is 30.5 Å². The van der Waals surface area contributed by atoms with Crippen LogP contribution >= 0.6 is 0 Å². The number of pyridine rings is 1. The number of nitrogen functional groups attached to an aromatic ring is 2. The molecule has 4 N–H and O–H groups in total. The summed E-state index contributed by atoms with van der Waals surface area (Å²) in [5.74, 6) is 0.708. The highest BCUT2D eigenvalue weighted by Gasteiger charge is 1.97. The quantitative estimate of drug-likeness (QED) is 0.586. The third-order valence-corrected chi connectivity index (χ3v) is 1.76. The maximum atomic E-state index is 5.69. The van der Waals surface area contributed by atoms with E-state index in [9.17, 15) is 0 Å². The lowest BCUT2D eigenvalue weighted by Crippen LogP contribution is -1.97. The van der Waals surface area contributed by atoms with Gasteiger partial charge in [-0.1, -0.05) is 0 Å². The second kappa shape index (κ2) is 1.92. The minimum Gasteiger partial charge on any atom is -0.397 e. The summed E-state index contributed by atoms with van der Waals surface area (Å²) in [4.78, 5) is 0. The molecule has 0 saturated heterocycles. The molecule has 0 aliphatic rings. The predicted molar refractivity (Wildman–Crippen MR) is 46.2 cm³/mol. The minimum atomic E-state index is 0.708. The lowest BCUT2D eigenvalue weighted by molar-refractivity contribution is 1.21. The van der Waals surface area contributed by atoms with Gasteiger partial charge in [0.15, 0.2) is 0 Å². The van der Waals surface area contributed by atoms with E-state index in [1.54, 1.807) is 6.07 Å². The maximum Gasteiger partial charge on any atom is 0.107 e. The Morgan fingerprint density at radius 2 is 1.91 bits per heavy atom. The summed E-state index contributed by atoms with van der Waals surface area (Å²) in [5, 5.41) is 0. The number of hydrogen-bond acceptors (Lipinski definition) is 2. The molecule has 0 bridgehead atoms. The largest absolute Gasteiger partial charge is 0.397 e. The molecular weight excluding hydrogens is 138 g/mol. The van der Waals surface area contributed by atoms with Crippen molar-refractivity contribution in [1.29, 1.82) is 0 Å². The summed E-state index contributed by atoms with van der Waals surface area (Å²) in [5.41, 5.74) is 13.1. The van der Waals surface area contributed by atoms with Crippen LogP contribution in [0.2, 0.25) is 0 Å². The van der Waals surface area contributed by atoms with E-state index in [0.717, 1.165) is 11.2 Å². The molecule has 0 spiro atoms. The van der Waals surface area contributed by atoms with Crippen molar-refractivity contribution in [3.63, 3.8) is 0 Å². The zero-order valence-electron chi connectivity index (χ0n) is 5.99. The van der Waals surface area contributed by atoms with E-state index < -0.39 is 0 Å². The van der Waals surface area contributed by atoms with E-state index in [1.165, 1.54) is 0 Å². The van der Waals surface area contributed by atoms with Gasteiger partial charge in [0.25, 0.3) is 0 Å². The molecule has 2 heterocycles. The van der Waals surface area contributed by atoms with E-state index in [1.807, 2.05) is 28.8 Å². The first-order chi connectivity index (χ1) is 5.29. The fourth-order valence-electron chi connectivity index (χ4n) is 1.18. The van der Waals surface area contributed by atoms with Gasteiger partial charge in [-0.15, -0.1) is 0 Å². The Morgan fingerprint density at radius 3 is 2.64 bits per heavy atom. The summed E-state index contributed by atoms with van der Waals surface area (Å²) < 4.78 is 1.86. The standard InChI is InChI=1S/C8H9N3/c9-6-3-4-8(10)11-5-1-2-7(6)11/h1-5H,9-10H2. The second-order valence-corrected chi connectivity index (χ2v) is 2.48. The van der Waals surface area contributed by atoms with Crippen molar-refractivity contribution < 1.29 is 0 Å². The minimum absolute atomic E-state index is 0.708. The fourth-order valence-corrected chi connectivity index (χ4v) is 1.18. The van der Waals surface area contributed by atoms with Gasteiger partial charge in [0.05, 0.1) is 11.2 Å². The van der Waals surface area contributed by atoms with Gasteiger partial charge in [-0.25, -0.2) is 0 Å². The van der Waals surface area contributed by atoms with Crippen molar-refractivity contribution in [1.82, 2.24) is 4.40 Å². The maximum absolute atomic E-state index is 5.69. The Balaban J connectivity index is 2.96. The van der Waals surface area contributed by atoms with Crippen LogP contribution in [-0.2, 0) is 0 Å². The van der Waals surface area contributed by atoms with E-state index in [-0.39, 0.29) is 0 Å². The van der Waals surface area contributed by atoms with Crippen LogP contribution in [0, 0.1) is 0 Å². The Kier molecular flexibility index (Phi) is 1.06. The van der Waals surface area contributed by atoms with Crippen LogP contribution in [0.25, 0.3) is 5.52 Å². The zero-order chi connectivity index (χ0) is 7.84. The molecule has 3 nitrogen and oxygen atoms in total. The molecule has 0 saturated carbocycles. The predicted octanol–water partition coefficient (Wildman–Crippen LogP) is 1.10. The number of nitrogens with two attached hydrogens (primary N) is 2. The number of nitrogens with zero attached hydrogens (tertiary/aromatic N) is 1. The summed E-state index contributed by atoms with van der Waals surface area (Å²) >= 11 is 0. The van der Waals surface area contributed by atoms with Gasteiger partial charge < -0.3 is 15.9 Å². The molecule has 0 unspecified atom stereocenters. The molecule has 0 amide bonds. The molecule has 56 valence electrons. The van der Waals surface area contributed by atoms with Crippen LogP contribution in [-0.4, -0.2) is 4.40 Å². The normalized spacial score (nSPS) is 10.5. The SMILES string of the molecule is Nc1ccc(N)n2cccc12. The van der Waals surface area contributed by atoms with Crippen molar-refractivity contribution in [3.8, 4) is 0 Å². The first kappa shape index (κ1) is 6.09. The number of rotatable bonds is 0. The van der Waals surface area contributed by atoms with Gasteiger partial charge in [-0.3, -0.25) is 0 Å². The molecule has 11 heavy (non-hydrogen) atoms. The number of anilines is 2. The summed E-state index contributed by atoms with van der Waals surface area (Å²) in [7, 11) is 0. The molecule has 0 aliphatic carbocycles. The lowest BCUT2D eigenvalue weighted by atomic mass is 10.3. The molecule has 0 aromatic carbocycles. The Bertz CT molecular complexity index is 353. The van der Waals surface area contributed by atoms with Crippen LogP contribution < -0.4 is 11.5 Å². The average molecular weight is 147 g/mol. The summed E-state index contributed by atoms with van der Waals surface area (Å²) in [6.45, 7) is 0. The average Bonchev–Trinajstić information content (AvgIpc) is 2.45. The van der Waals surface area contributed by atoms with Crippen molar-refractivity contribution in [2.75, 3.05) is 11.5 Å². The Labute approximate surface area is 64.2 Å². The topological polar surface area (TPSA) is 56.5 Å². The van der Waals surface area contributed by atoms with Crippen molar-refractivity contribution >= 4 is 17.0 Å². The van der Waals surface area contributed by atoms with E-state index in [4.69, 9.17) is 11.5 Å². The number of aromatic nitrogens is 1. The third-order valence-electron chi connectivity index (χ3n) is 1.76. The number of hydrogen-bond donors (Lipinski definition) is 2. The number of fused-ring (bicyclic) bond motifs is 1. The van der Waals surface area contributed by atoms with Gasteiger partial charge in [-0.2, -0.15) is 0 Å². The Morgan fingerprint density at radius 1 is 1.09 bits per heavy atom. The van der Waals surface area contributed by atoms with Gasteiger partial charge in [0.1, 0.15) is 5.82 Å². The van der Waals surface area contributed by atoms with Gasteiger partial charge in [0, 0.05) is 6.20 Å². The molecule has 2 rings (SSSR count). The Hall–Kier alpha value is -1.64. The van der Waals surface area contributed by atoms with Crippen LogP contribution in [0.4, 0.5) is 11.5 Å². The van der Waals surface area contributed by atoms with Crippen LogP contribution in [0.3, 0.4) is 0 Å². The molecule has 2 aromatic heterocycles. The van der Waals surface area contributed by atoms with Crippen LogP contribution in [0.5, 0.6) is 0 Å². The highest BCUT2D eigenvalue weighted by atomic mass is 15.0. The smallest absolute Gasteiger partial charge is 0.107 e. The van der Waals surface area contributed by atoms with Gasteiger partial charge in [0.2, 0.25) is 0 Å². The van der Waals surface area contributed by atoms with Gasteiger partial charge >= 0.3 is 0 Å². The lowest BCUT2D eigenvalue weighted by Gasteiger charge is -2.01. The van der Waals surface area contributed by atoms with Crippen LogP contribution in [0.15, 0.2) is 30.5 Å². The third kappa shape index (κ3) is 0.741. The molecule has 2 aromatic rings. The molecule has 0 aliphatic heterocycles. The summed E-state index contributed by atoms with van der Waals surface area (Å²) in [6, 6.07) is 7.46. The molecule has 3 heteroatoms. The molecule has 0 atom stereocenters.